The largest absolute Gasteiger partial charge is 0.306 e. The molecule has 1 N–H and O–H groups in total. The van der Waals surface area contributed by atoms with Gasteiger partial charge in [-0.25, -0.2) is 4.39 Å². The molecule has 0 saturated carbocycles. The minimum absolute atomic E-state index is 0.175. The molecule has 0 aliphatic carbocycles. The van der Waals surface area contributed by atoms with Gasteiger partial charge in [0.2, 0.25) is 0 Å². The molecule has 0 heterocycles. The van der Waals surface area contributed by atoms with Crippen molar-refractivity contribution in [3.8, 4) is 0 Å². The zero-order chi connectivity index (χ0) is 13.0. The van der Waals surface area contributed by atoms with Gasteiger partial charge in [0.25, 0.3) is 0 Å². The van der Waals surface area contributed by atoms with Crippen LogP contribution in [0.3, 0.4) is 0 Å². The highest BCUT2D eigenvalue weighted by Gasteiger charge is 2.07. The molecule has 0 unspecified atom stereocenters. The molecule has 0 saturated heterocycles. The molecule has 2 aromatic rings. The van der Waals surface area contributed by atoms with Crippen molar-refractivity contribution in [2.75, 3.05) is 0 Å². The Hall–Kier alpha value is -1.19. The van der Waals surface area contributed by atoms with Gasteiger partial charge in [0.05, 0.1) is 0 Å². The minimum Gasteiger partial charge on any atom is -0.306 e. The second-order valence-corrected chi connectivity index (χ2v) is 5.16. The van der Waals surface area contributed by atoms with E-state index in [4.69, 9.17) is 0 Å². The van der Waals surface area contributed by atoms with Gasteiger partial charge in [-0.2, -0.15) is 0 Å². The number of hydrogen-bond donors (Lipinski definition) is 1. The third kappa shape index (κ3) is 3.40. The molecule has 0 spiro atoms. The van der Waals surface area contributed by atoms with Gasteiger partial charge in [-0.3, -0.25) is 0 Å². The quantitative estimate of drug-likeness (QED) is 0.880. The van der Waals surface area contributed by atoms with E-state index in [1.165, 1.54) is 11.6 Å². The molecule has 0 amide bonds. The maximum Gasteiger partial charge on any atom is 0.127 e. The predicted molar refractivity (Wildman–Crippen MR) is 75.8 cm³/mol. The van der Waals surface area contributed by atoms with Crippen molar-refractivity contribution in [2.24, 2.45) is 0 Å². The fourth-order valence-corrected chi connectivity index (χ4v) is 2.21. The van der Waals surface area contributed by atoms with Gasteiger partial charge in [-0.1, -0.05) is 46.3 Å². The zero-order valence-electron chi connectivity index (χ0n) is 10.2. The van der Waals surface area contributed by atoms with Crippen LogP contribution in [0.1, 0.15) is 24.1 Å². The summed E-state index contributed by atoms with van der Waals surface area (Å²) in [5.74, 6) is -0.175. The third-order valence-electron chi connectivity index (χ3n) is 2.91. The van der Waals surface area contributed by atoms with E-state index in [-0.39, 0.29) is 11.9 Å². The first-order chi connectivity index (χ1) is 8.66. The molecule has 2 rings (SSSR count). The Morgan fingerprint density at radius 3 is 2.61 bits per heavy atom. The highest BCUT2D eigenvalue weighted by atomic mass is 79.9. The van der Waals surface area contributed by atoms with Crippen LogP contribution in [0.15, 0.2) is 53.0 Å². The highest BCUT2D eigenvalue weighted by Crippen LogP contribution is 2.17. The molecule has 0 radical (unpaired) electrons. The van der Waals surface area contributed by atoms with E-state index in [1.807, 2.05) is 18.2 Å². The Bertz CT molecular complexity index is 513. The van der Waals surface area contributed by atoms with E-state index in [1.54, 1.807) is 12.1 Å². The van der Waals surface area contributed by atoms with Gasteiger partial charge in [-0.05, 0) is 30.7 Å². The number of halogens is 2. The summed E-state index contributed by atoms with van der Waals surface area (Å²) in [5.41, 5.74) is 1.88. The molecule has 3 heteroatoms. The summed E-state index contributed by atoms with van der Waals surface area (Å²) < 4.78 is 14.5. The smallest absolute Gasteiger partial charge is 0.127 e. The first kappa shape index (κ1) is 13.2. The van der Waals surface area contributed by atoms with Crippen LogP contribution in [0.25, 0.3) is 0 Å². The Kier molecular flexibility index (Phi) is 4.50. The van der Waals surface area contributed by atoms with E-state index in [9.17, 15) is 4.39 Å². The first-order valence-electron chi connectivity index (χ1n) is 5.89. The van der Waals surface area contributed by atoms with Crippen molar-refractivity contribution in [1.82, 2.24) is 5.32 Å². The van der Waals surface area contributed by atoms with Gasteiger partial charge >= 0.3 is 0 Å². The van der Waals surface area contributed by atoms with Gasteiger partial charge in [-0.15, -0.1) is 0 Å². The number of rotatable bonds is 4. The van der Waals surface area contributed by atoms with Crippen molar-refractivity contribution in [3.63, 3.8) is 0 Å². The van der Waals surface area contributed by atoms with E-state index in [0.29, 0.717) is 12.1 Å². The molecule has 18 heavy (non-hydrogen) atoms. The number of hydrogen-bond acceptors (Lipinski definition) is 1. The van der Waals surface area contributed by atoms with Crippen molar-refractivity contribution in [2.45, 2.75) is 19.5 Å². The van der Waals surface area contributed by atoms with Crippen LogP contribution in [0.4, 0.5) is 4.39 Å². The Morgan fingerprint density at radius 1 is 1.17 bits per heavy atom. The molecular weight excluding hydrogens is 293 g/mol. The maximum atomic E-state index is 13.6. The number of nitrogens with one attached hydrogen (secondary N) is 1. The highest BCUT2D eigenvalue weighted by molar-refractivity contribution is 9.10. The maximum absolute atomic E-state index is 13.6. The molecule has 1 atom stereocenters. The Balaban J connectivity index is 2.01. The molecule has 0 aliphatic heterocycles. The summed E-state index contributed by atoms with van der Waals surface area (Å²) >= 11 is 3.35. The summed E-state index contributed by atoms with van der Waals surface area (Å²) in [6.45, 7) is 2.59. The molecule has 0 aromatic heterocycles. The van der Waals surface area contributed by atoms with Gasteiger partial charge < -0.3 is 5.32 Å². The first-order valence-corrected chi connectivity index (χ1v) is 6.68. The van der Waals surface area contributed by atoms with Crippen LogP contribution in [-0.4, -0.2) is 0 Å². The summed E-state index contributed by atoms with van der Waals surface area (Å²) in [5, 5.41) is 3.32. The van der Waals surface area contributed by atoms with E-state index in [2.05, 4.69) is 40.3 Å². The van der Waals surface area contributed by atoms with Gasteiger partial charge in [0, 0.05) is 22.6 Å². The lowest BCUT2D eigenvalue weighted by atomic mass is 10.1. The SMILES string of the molecule is C[C@@H](NCc1cc(Br)ccc1F)c1ccccc1. The van der Waals surface area contributed by atoms with Crippen molar-refractivity contribution in [3.05, 3.63) is 69.9 Å². The van der Waals surface area contributed by atoms with Gasteiger partial charge in [0.1, 0.15) is 5.82 Å². The second kappa shape index (κ2) is 6.12. The van der Waals surface area contributed by atoms with E-state index in [0.717, 1.165) is 4.47 Å². The van der Waals surface area contributed by atoms with Crippen LogP contribution < -0.4 is 5.32 Å². The summed E-state index contributed by atoms with van der Waals surface area (Å²) in [6.07, 6.45) is 0. The third-order valence-corrected chi connectivity index (χ3v) is 3.40. The average Bonchev–Trinajstić information content (AvgIpc) is 2.40. The predicted octanol–water partition coefficient (Wildman–Crippen LogP) is 4.44. The summed E-state index contributed by atoms with van der Waals surface area (Å²) in [6, 6.07) is 15.3. The fraction of sp³-hybridized carbons (Fsp3) is 0.200. The van der Waals surface area contributed by atoms with E-state index >= 15 is 0 Å². The lowest BCUT2D eigenvalue weighted by Gasteiger charge is -2.14. The Morgan fingerprint density at radius 2 is 1.89 bits per heavy atom. The average molecular weight is 308 g/mol. The topological polar surface area (TPSA) is 12.0 Å². The van der Waals surface area contributed by atoms with E-state index < -0.39 is 0 Å². The normalized spacial score (nSPS) is 12.4. The monoisotopic (exact) mass is 307 g/mol. The van der Waals surface area contributed by atoms with Crippen LogP contribution in [-0.2, 0) is 6.54 Å². The van der Waals surface area contributed by atoms with Gasteiger partial charge in [0.15, 0.2) is 0 Å². The molecule has 94 valence electrons. The molecule has 1 nitrogen and oxygen atoms in total. The lowest BCUT2D eigenvalue weighted by molar-refractivity contribution is 0.544. The fourth-order valence-electron chi connectivity index (χ4n) is 1.80. The molecule has 0 bridgehead atoms. The van der Waals surface area contributed by atoms with Crippen LogP contribution in [0.2, 0.25) is 0 Å². The second-order valence-electron chi connectivity index (χ2n) is 4.25. The minimum atomic E-state index is -0.175. The molecule has 2 aromatic carbocycles. The number of benzene rings is 2. The molecular formula is C15H15BrFN. The van der Waals surface area contributed by atoms with Crippen LogP contribution in [0, 0.1) is 5.82 Å². The molecule has 0 aliphatic rings. The summed E-state index contributed by atoms with van der Waals surface area (Å²) in [4.78, 5) is 0. The Labute approximate surface area is 115 Å². The van der Waals surface area contributed by atoms with Crippen molar-refractivity contribution < 1.29 is 4.39 Å². The molecule has 0 fully saturated rings. The standard InChI is InChI=1S/C15H15BrFN/c1-11(12-5-3-2-4-6-12)18-10-13-9-14(16)7-8-15(13)17/h2-9,11,18H,10H2,1H3/t11-/m1/s1. The van der Waals surface area contributed by atoms with Crippen LogP contribution in [0.5, 0.6) is 0 Å². The van der Waals surface area contributed by atoms with Crippen molar-refractivity contribution >= 4 is 15.9 Å². The zero-order valence-corrected chi connectivity index (χ0v) is 11.7. The lowest BCUT2D eigenvalue weighted by Crippen LogP contribution is -2.18. The van der Waals surface area contributed by atoms with Crippen LogP contribution >= 0.6 is 15.9 Å². The van der Waals surface area contributed by atoms with Crippen molar-refractivity contribution in [1.29, 1.82) is 0 Å². The summed E-state index contributed by atoms with van der Waals surface area (Å²) in [7, 11) is 0.